The minimum atomic E-state index is 0.243. The molecule has 20 heavy (non-hydrogen) atoms. The fourth-order valence-corrected chi connectivity index (χ4v) is 4.38. The van der Waals surface area contributed by atoms with Crippen LogP contribution < -0.4 is 0 Å². The van der Waals surface area contributed by atoms with Crippen LogP contribution in [0.25, 0.3) is 0 Å². The smallest absolute Gasteiger partial charge is 0.0687 e. The topological polar surface area (TPSA) is 9.23 Å². The molecule has 2 heteroatoms. The Labute approximate surface area is 127 Å². The third-order valence-corrected chi connectivity index (χ3v) is 5.59. The van der Waals surface area contributed by atoms with Crippen LogP contribution >= 0.6 is 11.6 Å². The second-order valence-electron chi connectivity index (χ2n) is 6.61. The Bertz CT molecular complexity index is 450. The molecule has 1 saturated carbocycles. The summed E-state index contributed by atoms with van der Waals surface area (Å²) < 4.78 is 6.44. The van der Waals surface area contributed by atoms with Gasteiger partial charge in [0, 0.05) is 11.8 Å². The van der Waals surface area contributed by atoms with Crippen LogP contribution in [0.3, 0.4) is 0 Å². The summed E-state index contributed by atoms with van der Waals surface area (Å²) in [5.74, 6) is 1.12. The lowest BCUT2D eigenvalue weighted by Crippen LogP contribution is -2.25. The SMILES string of the molecule is Cc1ccccc1C(CCl)CC1CCC2(CCCC2)O1. The van der Waals surface area contributed by atoms with Crippen molar-refractivity contribution in [1.82, 2.24) is 0 Å². The highest BCUT2D eigenvalue weighted by molar-refractivity contribution is 6.18. The highest BCUT2D eigenvalue weighted by Gasteiger charge is 2.42. The Morgan fingerprint density at radius 3 is 2.70 bits per heavy atom. The van der Waals surface area contributed by atoms with Gasteiger partial charge >= 0.3 is 0 Å². The molecule has 1 spiro atoms. The molecule has 2 atom stereocenters. The molecule has 110 valence electrons. The van der Waals surface area contributed by atoms with Crippen LogP contribution in [0, 0.1) is 6.92 Å². The molecule has 1 nitrogen and oxygen atoms in total. The van der Waals surface area contributed by atoms with Gasteiger partial charge in [0.1, 0.15) is 0 Å². The monoisotopic (exact) mass is 292 g/mol. The van der Waals surface area contributed by atoms with E-state index in [1.54, 1.807) is 0 Å². The zero-order chi connectivity index (χ0) is 14.0. The fraction of sp³-hybridized carbons (Fsp3) is 0.667. The van der Waals surface area contributed by atoms with E-state index in [1.807, 2.05) is 0 Å². The van der Waals surface area contributed by atoms with Gasteiger partial charge in [-0.2, -0.15) is 0 Å². The van der Waals surface area contributed by atoms with Crippen molar-refractivity contribution in [2.75, 3.05) is 5.88 Å². The zero-order valence-corrected chi connectivity index (χ0v) is 13.2. The van der Waals surface area contributed by atoms with Crippen molar-refractivity contribution in [2.45, 2.75) is 69.5 Å². The van der Waals surface area contributed by atoms with Crippen LogP contribution in [0.4, 0.5) is 0 Å². The molecular formula is C18H25ClO. The number of benzene rings is 1. The summed E-state index contributed by atoms with van der Waals surface area (Å²) in [4.78, 5) is 0. The molecular weight excluding hydrogens is 268 g/mol. The molecule has 1 aliphatic heterocycles. The third kappa shape index (κ3) is 2.89. The molecule has 0 N–H and O–H groups in total. The predicted molar refractivity (Wildman–Crippen MR) is 84.6 cm³/mol. The molecule has 2 fully saturated rings. The number of alkyl halides is 1. The summed E-state index contributed by atoms with van der Waals surface area (Å²) in [6, 6.07) is 8.63. The molecule has 1 aromatic rings. The van der Waals surface area contributed by atoms with E-state index in [-0.39, 0.29) is 5.60 Å². The number of rotatable bonds is 4. The van der Waals surface area contributed by atoms with Crippen molar-refractivity contribution in [2.24, 2.45) is 0 Å². The summed E-state index contributed by atoms with van der Waals surface area (Å²) in [7, 11) is 0. The van der Waals surface area contributed by atoms with Gasteiger partial charge in [-0.1, -0.05) is 37.1 Å². The van der Waals surface area contributed by atoms with Crippen LogP contribution in [0.2, 0.25) is 0 Å². The third-order valence-electron chi connectivity index (χ3n) is 5.22. The maximum Gasteiger partial charge on any atom is 0.0687 e. The van der Waals surface area contributed by atoms with Gasteiger partial charge in [-0.25, -0.2) is 0 Å². The van der Waals surface area contributed by atoms with Crippen molar-refractivity contribution in [3.63, 3.8) is 0 Å². The van der Waals surface area contributed by atoms with Crippen molar-refractivity contribution in [1.29, 1.82) is 0 Å². The van der Waals surface area contributed by atoms with Crippen molar-refractivity contribution in [3.8, 4) is 0 Å². The molecule has 1 aromatic carbocycles. The van der Waals surface area contributed by atoms with Crippen molar-refractivity contribution >= 4 is 11.6 Å². The lowest BCUT2D eigenvalue weighted by atomic mass is 9.90. The van der Waals surface area contributed by atoms with Gasteiger partial charge in [0.2, 0.25) is 0 Å². The number of ether oxygens (including phenoxy) is 1. The fourth-order valence-electron chi connectivity index (χ4n) is 4.08. The first-order valence-electron chi connectivity index (χ1n) is 8.02. The zero-order valence-electron chi connectivity index (χ0n) is 12.4. The minimum Gasteiger partial charge on any atom is -0.372 e. The maximum atomic E-state index is 6.44. The van der Waals surface area contributed by atoms with E-state index < -0.39 is 0 Å². The highest BCUT2D eigenvalue weighted by atomic mass is 35.5. The van der Waals surface area contributed by atoms with Crippen molar-refractivity contribution < 1.29 is 4.74 Å². The van der Waals surface area contributed by atoms with Crippen LogP contribution in [0.5, 0.6) is 0 Å². The van der Waals surface area contributed by atoms with Gasteiger partial charge in [-0.05, 0) is 50.2 Å². The van der Waals surface area contributed by atoms with E-state index in [0.29, 0.717) is 17.9 Å². The Kier molecular flexibility index (Phi) is 4.37. The Morgan fingerprint density at radius 2 is 2.00 bits per heavy atom. The van der Waals surface area contributed by atoms with E-state index in [4.69, 9.17) is 16.3 Å². The lowest BCUT2D eigenvalue weighted by molar-refractivity contribution is -0.0405. The summed E-state index contributed by atoms with van der Waals surface area (Å²) in [5, 5.41) is 0. The van der Waals surface area contributed by atoms with Crippen molar-refractivity contribution in [3.05, 3.63) is 35.4 Å². The van der Waals surface area contributed by atoms with Gasteiger partial charge < -0.3 is 4.74 Å². The number of halogens is 1. The van der Waals surface area contributed by atoms with Crippen LogP contribution in [0.1, 0.15) is 62.0 Å². The Morgan fingerprint density at radius 1 is 1.25 bits per heavy atom. The molecule has 1 saturated heterocycles. The summed E-state index contributed by atoms with van der Waals surface area (Å²) in [5.41, 5.74) is 3.00. The molecule has 1 aliphatic carbocycles. The molecule has 1 heterocycles. The molecule has 0 amide bonds. The minimum absolute atomic E-state index is 0.243. The average Bonchev–Trinajstić information content (AvgIpc) is 3.08. The quantitative estimate of drug-likeness (QED) is 0.693. The van der Waals surface area contributed by atoms with E-state index in [0.717, 1.165) is 6.42 Å². The second kappa shape index (κ2) is 6.07. The van der Waals surface area contributed by atoms with Crippen LogP contribution in [0.15, 0.2) is 24.3 Å². The normalized spacial score (nSPS) is 26.2. The molecule has 0 bridgehead atoms. The lowest BCUT2D eigenvalue weighted by Gasteiger charge is -2.26. The summed E-state index contributed by atoms with van der Waals surface area (Å²) >= 11 is 6.25. The molecule has 0 radical (unpaired) electrons. The van der Waals surface area contributed by atoms with Crippen LogP contribution in [-0.2, 0) is 4.74 Å². The van der Waals surface area contributed by atoms with E-state index in [2.05, 4.69) is 31.2 Å². The second-order valence-corrected chi connectivity index (χ2v) is 6.92. The van der Waals surface area contributed by atoms with Gasteiger partial charge in [0.15, 0.2) is 0 Å². The van der Waals surface area contributed by atoms with Gasteiger partial charge in [-0.3, -0.25) is 0 Å². The van der Waals surface area contributed by atoms with E-state index in [9.17, 15) is 0 Å². The van der Waals surface area contributed by atoms with Gasteiger partial charge in [0.25, 0.3) is 0 Å². The van der Waals surface area contributed by atoms with E-state index in [1.165, 1.54) is 49.7 Å². The average molecular weight is 293 g/mol. The van der Waals surface area contributed by atoms with E-state index >= 15 is 0 Å². The van der Waals surface area contributed by atoms with Gasteiger partial charge in [0.05, 0.1) is 11.7 Å². The molecule has 0 aromatic heterocycles. The predicted octanol–water partition coefficient (Wildman–Crippen LogP) is 5.20. The largest absolute Gasteiger partial charge is 0.372 e. The molecule has 2 aliphatic rings. The van der Waals surface area contributed by atoms with Gasteiger partial charge in [-0.15, -0.1) is 11.6 Å². The standard InChI is InChI=1S/C18H25ClO/c1-14-6-2-3-7-17(14)15(13-19)12-16-8-11-18(20-16)9-4-5-10-18/h2-3,6-7,15-16H,4-5,8-13H2,1H3. The number of hydrogen-bond donors (Lipinski definition) is 0. The molecule has 2 unspecified atom stereocenters. The summed E-state index contributed by atoms with van der Waals surface area (Å²) in [6.45, 7) is 2.18. The number of hydrogen-bond acceptors (Lipinski definition) is 1. The molecule has 3 rings (SSSR count). The first-order valence-corrected chi connectivity index (χ1v) is 8.55. The Hall–Kier alpha value is -0.530. The first-order chi connectivity index (χ1) is 9.72. The maximum absolute atomic E-state index is 6.44. The Balaban J connectivity index is 1.66. The summed E-state index contributed by atoms with van der Waals surface area (Å²) in [6.07, 6.45) is 9.23. The first kappa shape index (κ1) is 14.4. The highest BCUT2D eigenvalue weighted by Crippen LogP contribution is 2.45. The van der Waals surface area contributed by atoms with Crippen LogP contribution in [-0.4, -0.2) is 17.6 Å². The number of aryl methyl sites for hydroxylation is 1.